The molecule has 1 atom stereocenters. The van der Waals surface area contributed by atoms with Gasteiger partial charge >= 0.3 is 5.97 Å². The zero-order valence-corrected chi connectivity index (χ0v) is 16.7. The molecule has 29 heavy (non-hydrogen) atoms. The molecule has 8 heteroatoms. The molecule has 0 aliphatic carbocycles. The number of carbonyl (C=O) groups is 3. The van der Waals surface area contributed by atoms with E-state index in [1.165, 1.54) is 11.0 Å². The number of ether oxygens (including phenoxy) is 2. The molecular formula is C21H25FN2O5. The molecule has 0 saturated carbocycles. The highest BCUT2D eigenvalue weighted by molar-refractivity contribution is 5.97. The second-order valence-electron chi connectivity index (χ2n) is 6.97. The fourth-order valence-electron chi connectivity index (χ4n) is 3.75. The van der Waals surface area contributed by atoms with E-state index in [2.05, 4.69) is 0 Å². The lowest BCUT2D eigenvalue weighted by molar-refractivity contribution is -0.144. The smallest absolute Gasteiger partial charge is 0.336 e. The Bertz CT molecular complexity index is 832. The number of halogens is 1. The average molecular weight is 404 g/mol. The fourth-order valence-corrected chi connectivity index (χ4v) is 3.75. The van der Waals surface area contributed by atoms with Crippen molar-refractivity contribution in [3.8, 4) is 0 Å². The van der Waals surface area contributed by atoms with Crippen LogP contribution in [-0.4, -0.2) is 67.0 Å². The summed E-state index contributed by atoms with van der Waals surface area (Å²) in [6, 6.07) is 6.08. The lowest BCUT2D eigenvalue weighted by Gasteiger charge is -2.36. The molecule has 1 aromatic rings. The number of rotatable bonds is 5. The van der Waals surface area contributed by atoms with Crippen molar-refractivity contribution in [1.29, 1.82) is 0 Å². The van der Waals surface area contributed by atoms with Crippen molar-refractivity contribution in [2.45, 2.75) is 26.2 Å². The normalized spacial score (nSPS) is 20.1. The van der Waals surface area contributed by atoms with Gasteiger partial charge in [0.2, 0.25) is 11.8 Å². The van der Waals surface area contributed by atoms with Gasteiger partial charge in [0.05, 0.1) is 25.4 Å². The number of morpholine rings is 1. The molecule has 0 spiro atoms. The van der Waals surface area contributed by atoms with Gasteiger partial charge in [0.15, 0.2) is 0 Å². The Labute approximate surface area is 169 Å². The first-order valence-corrected chi connectivity index (χ1v) is 9.72. The second kappa shape index (κ2) is 9.17. The maximum Gasteiger partial charge on any atom is 0.336 e. The highest BCUT2D eigenvalue weighted by Gasteiger charge is 2.39. The van der Waals surface area contributed by atoms with E-state index < -0.39 is 17.7 Å². The Hall–Kier alpha value is -2.74. The van der Waals surface area contributed by atoms with Gasteiger partial charge in [-0.05, 0) is 25.5 Å². The van der Waals surface area contributed by atoms with E-state index in [0.29, 0.717) is 32.0 Å². The van der Waals surface area contributed by atoms with Gasteiger partial charge in [-0.25, -0.2) is 9.18 Å². The highest BCUT2D eigenvalue weighted by atomic mass is 19.1. The van der Waals surface area contributed by atoms with Gasteiger partial charge in [0.25, 0.3) is 0 Å². The van der Waals surface area contributed by atoms with Gasteiger partial charge in [0, 0.05) is 31.1 Å². The number of hydrogen-bond donors (Lipinski definition) is 0. The van der Waals surface area contributed by atoms with Crippen molar-refractivity contribution in [3.05, 3.63) is 46.9 Å². The first kappa shape index (κ1) is 21.0. The summed E-state index contributed by atoms with van der Waals surface area (Å²) in [5, 5.41) is 0. The SMILES string of the molecule is CCOC(=O)C1=C(C)N(CC(=O)N2CCOCC2)C(=O)CC1c1ccccc1F. The number of hydrogen-bond acceptors (Lipinski definition) is 5. The zero-order valence-electron chi connectivity index (χ0n) is 16.7. The van der Waals surface area contributed by atoms with Gasteiger partial charge < -0.3 is 19.3 Å². The lowest BCUT2D eigenvalue weighted by atomic mass is 9.83. The first-order chi connectivity index (χ1) is 13.9. The Morgan fingerprint density at radius 2 is 1.93 bits per heavy atom. The first-order valence-electron chi connectivity index (χ1n) is 9.72. The molecule has 1 saturated heterocycles. The third kappa shape index (κ3) is 4.48. The summed E-state index contributed by atoms with van der Waals surface area (Å²) in [7, 11) is 0. The quantitative estimate of drug-likeness (QED) is 0.700. The van der Waals surface area contributed by atoms with E-state index in [9.17, 15) is 18.8 Å². The van der Waals surface area contributed by atoms with Crippen LogP contribution < -0.4 is 0 Å². The van der Waals surface area contributed by atoms with E-state index in [1.807, 2.05) is 0 Å². The van der Waals surface area contributed by atoms with Crippen LogP contribution >= 0.6 is 0 Å². The maximum atomic E-state index is 14.4. The predicted molar refractivity (Wildman–Crippen MR) is 102 cm³/mol. The van der Waals surface area contributed by atoms with E-state index in [0.717, 1.165) is 0 Å². The standard InChI is InChI=1S/C21H25FN2O5/c1-3-29-21(27)20-14(2)24(13-19(26)23-8-10-28-11-9-23)18(25)12-16(20)15-6-4-5-7-17(15)22/h4-7,16H,3,8-13H2,1-2H3. The van der Waals surface area contributed by atoms with Crippen LogP contribution in [0, 0.1) is 5.82 Å². The molecule has 0 aromatic heterocycles. The molecule has 2 aliphatic rings. The third-order valence-electron chi connectivity index (χ3n) is 5.26. The largest absolute Gasteiger partial charge is 0.463 e. The van der Waals surface area contributed by atoms with Crippen LogP contribution in [0.1, 0.15) is 31.7 Å². The van der Waals surface area contributed by atoms with Crippen molar-refractivity contribution in [1.82, 2.24) is 9.80 Å². The van der Waals surface area contributed by atoms with Crippen molar-refractivity contribution in [2.75, 3.05) is 39.5 Å². The minimum Gasteiger partial charge on any atom is -0.463 e. The van der Waals surface area contributed by atoms with E-state index >= 15 is 0 Å². The maximum absolute atomic E-state index is 14.4. The fraction of sp³-hybridized carbons (Fsp3) is 0.476. The van der Waals surface area contributed by atoms with Gasteiger partial charge in [-0.3, -0.25) is 9.59 Å². The lowest BCUT2D eigenvalue weighted by Crippen LogP contribution is -2.48. The molecule has 0 radical (unpaired) electrons. The summed E-state index contributed by atoms with van der Waals surface area (Å²) < 4.78 is 24.9. The number of esters is 1. The topological polar surface area (TPSA) is 76.2 Å². The molecule has 7 nitrogen and oxygen atoms in total. The van der Waals surface area contributed by atoms with E-state index in [4.69, 9.17) is 9.47 Å². The summed E-state index contributed by atoms with van der Waals surface area (Å²) in [4.78, 5) is 41.1. The van der Waals surface area contributed by atoms with Crippen LogP contribution in [0.2, 0.25) is 0 Å². The average Bonchev–Trinajstić information content (AvgIpc) is 2.71. The van der Waals surface area contributed by atoms with Crippen LogP contribution in [0.5, 0.6) is 0 Å². The Morgan fingerprint density at radius 3 is 2.59 bits per heavy atom. The minimum atomic E-state index is -0.752. The summed E-state index contributed by atoms with van der Waals surface area (Å²) in [6.07, 6.45) is -0.108. The van der Waals surface area contributed by atoms with E-state index in [1.54, 1.807) is 36.9 Å². The Morgan fingerprint density at radius 1 is 1.24 bits per heavy atom. The van der Waals surface area contributed by atoms with Gasteiger partial charge in [-0.2, -0.15) is 0 Å². The molecule has 1 aromatic carbocycles. The number of carbonyl (C=O) groups excluding carboxylic acids is 3. The van der Waals surface area contributed by atoms with Gasteiger partial charge in [-0.1, -0.05) is 18.2 Å². The Kier molecular flexibility index (Phi) is 6.64. The summed E-state index contributed by atoms with van der Waals surface area (Å²) >= 11 is 0. The van der Waals surface area contributed by atoms with Crippen LogP contribution in [0.25, 0.3) is 0 Å². The molecule has 0 N–H and O–H groups in total. The van der Waals surface area contributed by atoms with Crippen molar-refractivity contribution in [2.24, 2.45) is 0 Å². The van der Waals surface area contributed by atoms with E-state index in [-0.39, 0.29) is 42.5 Å². The van der Waals surface area contributed by atoms with Crippen LogP contribution in [0.15, 0.2) is 35.5 Å². The Balaban J connectivity index is 1.94. The molecule has 0 bridgehead atoms. The zero-order chi connectivity index (χ0) is 21.0. The number of allylic oxidation sites excluding steroid dienone is 1. The van der Waals surface area contributed by atoms with Crippen LogP contribution in [0.3, 0.4) is 0 Å². The number of nitrogens with zero attached hydrogens (tertiary/aromatic N) is 2. The highest BCUT2D eigenvalue weighted by Crippen LogP contribution is 2.38. The van der Waals surface area contributed by atoms with Crippen LogP contribution in [-0.2, 0) is 23.9 Å². The van der Waals surface area contributed by atoms with Gasteiger partial charge in [-0.15, -0.1) is 0 Å². The molecule has 156 valence electrons. The molecule has 1 unspecified atom stereocenters. The molecule has 3 rings (SSSR count). The molecule has 2 aliphatic heterocycles. The monoisotopic (exact) mass is 404 g/mol. The van der Waals surface area contributed by atoms with Crippen LogP contribution in [0.4, 0.5) is 4.39 Å². The number of amides is 2. The molecule has 1 fully saturated rings. The predicted octanol–water partition coefficient (Wildman–Crippen LogP) is 1.84. The second-order valence-corrected chi connectivity index (χ2v) is 6.97. The van der Waals surface area contributed by atoms with Crippen molar-refractivity contribution >= 4 is 17.8 Å². The van der Waals surface area contributed by atoms with Gasteiger partial charge in [0.1, 0.15) is 12.4 Å². The minimum absolute atomic E-state index is 0.108. The molecular weight excluding hydrogens is 379 g/mol. The summed E-state index contributed by atoms with van der Waals surface area (Å²) in [5.74, 6) is -2.39. The van der Waals surface area contributed by atoms with Crippen molar-refractivity contribution in [3.63, 3.8) is 0 Å². The summed E-state index contributed by atoms with van der Waals surface area (Å²) in [5.41, 5.74) is 0.809. The molecule has 2 heterocycles. The van der Waals surface area contributed by atoms with Crippen molar-refractivity contribution < 1.29 is 28.2 Å². The third-order valence-corrected chi connectivity index (χ3v) is 5.26. The number of benzene rings is 1. The summed E-state index contributed by atoms with van der Waals surface area (Å²) in [6.45, 7) is 5.11. The molecule has 2 amide bonds.